The lowest BCUT2D eigenvalue weighted by Gasteiger charge is -2.08. The minimum Gasteiger partial charge on any atom is -0.478 e. The van der Waals surface area contributed by atoms with Crippen molar-refractivity contribution < 1.29 is 9.90 Å². The van der Waals surface area contributed by atoms with Crippen LogP contribution in [0, 0.1) is 12.8 Å². The van der Waals surface area contributed by atoms with Gasteiger partial charge in [0, 0.05) is 23.7 Å². The van der Waals surface area contributed by atoms with Gasteiger partial charge in [-0.25, -0.2) is 14.3 Å². The van der Waals surface area contributed by atoms with Crippen LogP contribution in [0.25, 0.3) is 27.9 Å². The molecular formula is C20H17ClN4O2. The van der Waals surface area contributed by atoms with E-state index in [0.717, 1.165) is 40.0 Å². The summed E-state index contributed by atoms with van der Waals surface area (Å²) >= 11 is 6.14. The number of pyridine rings is 2. The van der Waals surface area contributed by atoms with Crippen molar-refractivity contribution in [2.24, 2.45) is 5.92 Å². The number of aromatic nitrogens is 4. The summed E-state index contributed by atoms with van der Waals surface area (Å²) < 4.78 is 3.85. The van der Waals surface area contributed by atoms with Gasteiger partial charge in [-0.2, -0.15) is 5.10 Å². The van der Waals surface area contributed by atoms with Crippen LogP contribution in [0.5, 0.6) is 0 Å². The summed E-state index contributed by atoms with van der Waals surface area (Å²) in [5.74, 6) is -0.302. The zero-order chi connectivity index (χ0) is 18.7. The highest BCUT2D eigenvalue weighted by molar-refractivity contribution is 6.29. The van der Waals surface area contributed by atoms with Gasteiger partial charge in [-0.3, -0.25) is 0 Å². The van der Waals surface area contributed by atoms with Crippen LogP contribution in [-0.2, 0) is 6.54 Å². The van der Waals surface area contributed by atoms with E-state index in [2.05, 4.69) is 15.6 Å². The number of fused-ring (bicyclic) bond motifs is 2. The van der Waals surface area contributed by atoms with Crippen molar-refractivity contribution in [1.29, 1.82) is 0 Å². The smallest absolute Gasteiger partial charge is 0.337 e. The third kappa shape index (κ3) is 2.68. The predicted molar refractivity (Wildman–Crippen MR) is 103 cm³/mol. The van der Waals surface area contributed by atoms with E-state index >= 15 is 0 Å². The molecule has 1 aliphatic carbocycles. The molecule has 1 fully saturated rings. The van der Waals surface area contributed by atoms with E-state index < -0.39 is 5.97 Å². The molecule has 4 heterocycles. The van der Waals surface area contributed by atoms with Crippen molar-refractivity contribution >= 4 is 34.1 Å². The summed E-state index contributed by atoms with van der Waals surface area (Å²) in [7, 11) is 0. The van der Waals surface area contributed by atoms with Gasteiger partial charge in [0.25, 0.3) is 0 Å². The van der Waals surface area contributed by atoms with Gasteiger partial charge < -0.3 is 9.67 Å². The molecule has 1 aliphatic rings. The van der Waals surface area contributed by atoms with Crippen LogP contribution in [0.3, 0.4) is 0 Å². The topological polar surface area (TPSA) is 72.4 Å². The molecule has 1 saturated carbocycles. The first-order chi connectivity index (χ1) is 13.0. The van der Waals surface area contributed by atoms with Gasteiger partial charge in [0.15, 0.2) is 0 Å². The molecular weight excluding hydrogens is 364 g/mol. The van der Waals surface area contributed by atoms with Crippen molar-refractivity contribution in [3.8, 4) is 11.4 Å². The van der Waals surface area contributed by atoms with E-state index in [9.17, 15) is 9.90 Å². The first-order valence-corrected chi connectivity index (χ1v) is 9.27. The van der Waals surface area contributed by atoms with Crippen molar-refractivity contribution in [1.82, 2.24) is 19.2 Å². The molecule has 0 aliphatic heterocycles. The molecule has 0 amide bonds. The zero-order valence-electron chi connectivity index (χ0n) is 14.7. The van der Waals surface area contributed by atoms with E-state index in [0.29, 0.717) is 11.1 Å². The molecule has 6 nitrogen and oxygen atoms in total. The standard InChI is InChI=1S/C20H17ClN4O2/c1-11-15-6-4-14(20(26)27)10-25(15)23-18(11)16-8-13-5-7-17(21)22-19(13)24(16)9-12-2-3-12/h4-8,10,12H,2-3,9H2,1H3,(H,26,27). The first-order valence-electron chi connectivity index (χ1n) is 8.89. The molecule has 4 aromatic heterocycles. The van der Waals surface area contributed by atoms with Crippen LogP contribution in [0.2, 0.25) is 5.15 Å². The van der Waals surface area contributed by atoms with E-state index in [1.807, 2.05) is 13.0 Å². The van der Waals surface area contributed by atoms with Crippen LogP contribution in [-0.4, -0.2) is 30.2 Å². The fourth-order valence-electron chi connectivity index (χ4n) is 3.59. The Labute approximate surface area is 160 Å². The maximum absolute atomic E-state index is 11.3. The maximum Gasteiger partial charge on any atom is 0.337 e. The summed E-state index contributed by atoms with van der Waals surface area (Å²) in [6, 6.07) is 9.28. The second kappa shape index (κ2) is 5.82. The second-order valence-electron chi connectivity index (χ2n) is 7.16. The number of halogens is 1. The van der Waals surface area contributed by atoms with Crippen LogP contribution < -0.4 is 0 Å². The number of carboxylic acid groups (broad SMARTS) is 1. The number of aromatic carboxylic acids is 1. The van der Waals surface area contributed by atoms with Gasteiger partial charge in [-0.05, 0) is 56.0 Å². The molecule has 4 aromatic rings. The third-order valence-electron chi connectivity index (χ3n) is 5.21. The van der Waals surface area contributed by atoms with Crippen molar-refractivity contribution in [3.63, 3.8) is 0 Å². The van der Waals surface area contributed by atoms with Gasteiger partial charge >= 0.3 is 5.97 Å². The van der Waals surface area contributed by atoms with Crippen LogP contribution >= 0.6 is 11.6 Å². The van der Waals surface area contributed by atoms with Gasteiger partial charge in [-0.15, -0.1) is 0 Å². The molecule has 27 heavy (non-hydrogen) atoms. The average molecular weight is 381 g/mol. The summed E-state index contributed by atoms with van der Waals surface area (Å²) in [6.07, 6.45) is 4.01. The molecule has 1 N–H and O–H groups in total. The van der Waals surface area contributed by atoms with Gasteiger partial charge in [0.1, 0.15) is 16.5 Å². The molecule has 0 atom stereocenters. The van der Waals surface area contributed by atoms with Crippen LogP contribution in [0.1, 0.15) is 28.8 Å². The monoisotopic (exact) mass is 380 g/mol. The molecule has 136 valence electrons. The SMILES string of the molecule is Cc1c(-c2cc3ccc(Cl)nc3n2CC2CC2)nn2cc(C(=O)O)ccc12. The zero-order valence-corrected chi connectivity index (χ0v) is 15.4. The van der Waals surface area contributed by atoms with Crippen molar-refractivity contribution in [2.45, 2.75) is 26.3 Å². The molecule has 0 unspecified atom stereocenters. The van der Waals surface area contributed by atoms with Crippen molar-refractivity contribution in [3.05, 3.63) is 52.8 Å². The van der Waals surface area contributed by atoms with E-state index in [4.69, 9.17) is 16.7 Å². The Kier molecular flexibility index (Phi) is 3.52. The largest absolute Gasteiger partial charge is 0.478 e. The number of nitrogens with zero attached hydrogens (tertiary/aromatic N) is 4. The predicted octanol–water partition coefficient (Wildman–Crippen LogP) is 4.42. The lowest BCUT2D eigenvalue weighted by atomic mass is 10.1. The Morgan fingerprint density at radius 3 is 2.85 bits per heavy atom. The summed E-state index contributed by atoms with van der Waals surface area (Å²) in [5.41, 5.74) is 4.81. The number of hydrogen-bond donors (Lipinski definition) is 1. The maximum atomic E-state index is 11.3. The highest BCUT2D eigenvalue weighted by atomic mass is 35.5. The molecule has 0 spiro atoms. The Balaban J connectivity index is 1.74. The fourth-order valence-corrected chi connectivity index (χ4v) is 3.73. The Morgan fingerprint density at radius 1 is 1.30 bits per heavy atom. The second-order valence-corrected chi connectivity index (χ2v) is 7.54. The highest BCUT2D eigenvalue weighted by Crippen LogP contribution is 2.36. The molecule has 0 radical (unpaired) electrons. The molecule has 5 rings (SSSR count). The van der Waals surface area contributed by atoms with Crippen molar-refractivity contribution in [2.75, 3.05) is 0 Å². The summed E-state index contributed by atoms with van der Waals surface area (Å²) in [4.78, 5) is 15.8. The minimum atomic E-state index is -0.965. The molecule has 0 bridgehead atoms. The van der Waals surface area contributed by atoms with Gasteiger partial charge in [-0.1, -0.05) is 11.6 Å². The Morgan fingerprint density at radius 2 is 2.11 bits per heavy atom. The Hall–Kier alpha value is -2.86. The third-order valence-corrected chi connectivity index (χ3v) is 5.42. The lowest BCUT2D eigenvalue weighted by Crippen LogP contribution is -2.04. The fraction of sp³-hybridized carbons (Fsp3) is 0.250. The van der Waals surface area contributed by atoms with Gasteiger partial charge in [0.2, 0.25) is 0 Å². The highest BCUT2D eigenvalue weighted by Gasteiger charge is 2.26. The quantitative estimate of drug-likeness (QED) is 0.532. The summed E-state index contributed by atoms with van der Waals surface area (Å²) in [5, 5.41) is 15.4. The number of hydrogen-bond acceptors (Lipinski definition) is 3. The van der Waals surface area contributed by atoms with Gasteiger partial charge in [0.05, 0.1) is 16.8 Å². The minimum absolute atomic E-state index is 0.212. The van der Waals surface area contributed by atoms with E-state index in [-0.39, 0.29) is 5.56 Å². The molecule has 0 saturated heterocycles. The van der Waals surface area contributed by atoms with Crippen LogP contribution in [0.15, 0.2) is 36.5 Å². The van der Waals surface area contributed by atoms with E-state index in [1.54, 1.807) is 28.9 Å². The number of rotatable bonds is 4. The normalized spacial score (nSPS) is 14.3. The van der Waals surface area contributed by atoms with E-state index in [1.165, 1.54) is 12.8 Å². The Bertz CT molecular complexity index is 1220. The lowest BCUT2D eigenvalue weighted by molar-refractivity contribution is 0.0696. The summed E-state index contributed by atoms with van der Waals surface area (Å²) in [6.45, 7) is 2.90. The first kappa shape index (κ1) is 16.3. The number of carboxylic acids is 1. The molecule has 7 heteroatoms. The average Bonchev–Trinajstić information content (AvgIpc) is 3.32. The number of aryl methyl sites for hydroxylation is 1. The molecule has 0 aromatic carbocycles. The number of carbonyl (C=O) groups is 1. The van der Waals surface area contributed by atoms with Crippen LogP contribution in [0.4, 0.5) is 0 Å².